The van der Waals surface area contributed by atoms with Crippen LogP contribution >= 0.6 is 0 Å². The molecule has 6 aliphatic rings. The molecule has 4 bridgehead atoms. The second-order valence-electron chi connectivity index (χ2n) is 18.1. The van der Waals surface area contributed by atoms with Crippen LogP contribution in [0.1, 0.15) is 68.2 Å². The SMILES string of the molecule is CC1(C)c2ccccc2-c2c(N(c3ccc4c(c3)C3(c5ccccc5-4)C4CC5CC(C4)CC3C5)c3cccc(-c4ccccc4)c3-c3ccccc3)cccc21. The summed E-state index contributed by atoms with van der Waals surface area (Å²) in [6.07, 6.45) is 6.98. The van der Waals surface area contributed by atoms with Crippen molar-refractivity contribution < 1.29 is 0 Å². The number of fused-ring (bicyclic) bond motifs is 6. The van der Waals surface area contributed by atoms with Crippen LogP contribution in [0.2, 0.25) is 0 Å². The van der Waals surface area contributed by atoms with E-state index in [4.69, 9.17) is 0 Å². The average molecular weight is 722 g/mol. The summed E-state index contributed by atoms with van der Waals surface area (Å²) in [7, 11) is 0. The molecule has 6 aliphatic carbocycles. The van der Waals surface area contributed by atoms with Gasteiger partial charge in [0.1, 0.15) is 0 Å². The topological polar surface area (TPSA) is 3.24 Å². The lowest BCUT2D eigenvalue weighted by molar-refractivity contribution is -0.0399. The Morgan fingerprint density at radius 1 is 0.411 bits per heavy atom. The van der Waals surface area contributed by atoms with Gasteiger partial charge in [-0.05, 0) is 136 Å². The predicted octanol–water partition coefficient (Wildman–Crippen LogP) is 14.5. The Morgan fingerprint density at radius 3 is 1.66 bits per heavy atom. The van der Waals surface area contributed by atoms with Gasteiger partial charge in [0, 0.05) is 27.6 Å². The molecule has 0 heterocycles. The molecular formula is C55H47N. The van der Waals surface area contributed by atoms with E-state index >= 15 is 0 Å². The van der Waals surface area contributed by atoms with Crippen molar-refractivity contribution in [3.63, 3.8) is 0 Å². The van der Waals surface area contributed by atoms with Gasteiger partial charge < -0.3 is 4.90 Å². The summed E-state index contributed by atoms with van der Waals surface area (Å²) < 4.78 is 0. The van der Waals surface area contributed by atoms with Crippen LogP contribution in [0.5, 0.6) is 0 Å². The summed E-state index contributed by atoms with van der Waals surface area (Å²) >= 11 is 0. The minimum Gasteiger partial charge on any atom is -0.309 e. The maximum atomic E-state index is 2.67. The molecule has 0 aromatic heterocycles. The Bertz CT molecular complexity index is 2660. The lowest BCUT2D eigenvalue weighted by atomic mass is 9.43. The van der Waals surface area contributed by atoms with Crippen LogP contribution in [0.25, 0.3) is 44.5 Å². The number of hydrogen-bond donors (Lipinski definition) is 0. The number of nitrogens with zero attached hydrogens (tertiary/aromatic N) is 1. The average Bonchev–Trinajstić information content (AvgIpc) is 3.66. The smallest absolute Gasteiger partial charge is 0.0546 e. The maximum absolute atomic E-state index is 2.67. The molecule has 0 unspecified atom stereocenters. The van der Waals surface area contributed by atoms with Crippen LogP contribution in [-0.2, 0) is 10.8 Å². The molecule has 4 fully saturated rings. The molecule has 1 spiro atoms. The molecule has 0 radical (unpaired) electrons. The molecular weight excluding hydrogens is 675 g/mol. The van der Waals surface area contributed by atoms with E-state index in [1.165, 1.54) is 105 Å². The Balaban J connectivity index is 1.16. The van der Waals surface area contributed by atoms with Gasteiger partial charge in [0.2, 0.25) is 0 Å². The lowest BCUT2D eigenvalue weighted by Gasteiger charge is -2.61. The van der Waals surface area contributed by atoms with Gasteiger partial charge in [0.15, 0.2) is 0 Å². The van der Waals surface area contributed by atoms with E-state index in [0.717, 1.165) is 11.8 Å². The summed E-state index contributed by atoms with van der Waals surface area (Å²) in [5.41, 5.74) is 20.3. The highest BCUT2D eigenvalue weighted by Crippen LogP contribution is 2.70. The van der Waals surface area contributed by atoms with Crippen LogP contribution in [-0.4, -0.2) is 0 Å². The van der Waals surface area contributed by atoms with Gasteiger partial charge in [-0.25, -0.2) is 0 Å². The standard InChI is InChI=1S/C55H47N/c1-54(2)46-22-11-10-20-45(46)53-48(54)24-14-26-51(53)56(50-25-13-21-42(37-15-5-3-6-16-37)52(50)38-17-7-4-8-18-38)41-27-28-44-43-19-9-12-23-47(43)55(49(44)34-41)39-30-35-29-36(32-39)33-40(55)31-35/h3-28,34-36,39-40H,29-33H2,1-2H3. The zero-order valence-corrected chi connectivity index (χ0v) is 32.4. The zero-order valence-electron chi connectivity index (χ0n) is 32.4. The molecule has 272 valence electrons. The summed E-state index contributed by atoms with van der Waals surface area (Å²) in [4.78, 5) is 2.65. The first-order valence-electron chi connectivity index (χ1n) is 21.0. The molecule has 7 aromatic carbocycles. The van der Waals surface area contributed by atoms with Gasteiger partial charge in [0.05, 0.1) is 11.4 Å². The van der Waals surface area contributed by atoms with Crippen molar-refractivity contribution in [2.75, 3.05) is 4.90 Å². The van der Waals surface area contributed by atoms with Crippen molar-refractivity contribution >= 4 is 17.1 Å². The highest BCUT2D eigenvalue weighted by atomic mass is 15.1. The molecule has 7 aromatic rings. The summed E-state index contributed by atoms with van der Waals surface area (Å²) in [6, 6.07) is 62.4. The van der Waals surface area contributed by atoms with Crippen LogP contribution in [0, 0.1) is 23.7 Å². The minimum absolute atomic E-state index is 0.0857. The van der Waals surface area contributed by atoms with Crippen LogP contribution in [0.3, 0.4) is 0 Å². The number of rotatable bonds is 5. The van der Waals surface area contributed by atoms with E-state index in [1.807, 2.05) is 0 Å². The molecule has 56 heavy (non-hydrogen) atoms. The maximum Gasteiger partial charge on any atom is 0.0546 e. The van der Waals surface area contributed by atoms with Crippen molar-refractivity contribution in [2.24, 2.45) is 23.7 Å². The van der Waals surface area contributed by atoms with Crippen molar-refractivity contribution in [1.29, 1.82) is 0 Å². The number of hydrogen-bond acceptors (Lipinski definition) is 1. The van der Waals surface area contributed by atoms with Crippen molar-refractivity contribution in [2.45, 2.75) is 56.8 Å². The first kappa shape index (κ1) is 32.6. The molecule has 4 saturated carbocycles. The Morgan fingerprint density at radius 2 is 0.946 bits per heavy atom. The largest absolute Gasteiger partial charge is 0.309 e. The van der Waals surface area contributed by atoms with Gasteiger partial charge in [-0.1, -0.05) is 153 Å². The van der Waals surface area contributed by atoms with E-state index in [0.29, 0.717) is 11.8 Å². The van der Waals surface area contributed by atoms with E-state index in [9.17, 15) is 0 Å². The molecule has 0 atom stereocenters. The van der Waals surface area contributed by atoms with Gasteiger partial charge in [-0.2, -0.15) is 0 Å². The van der Waals surface area contributed by atoms with Crippen molar-refractivity contribution in [3.05, 3.63) is 186 Å². The van der Waals surface area contributed by atoms with Gasteiger partial charge in [0.25, 0.3) is 0 Å². The van der Waals surface area contributed by atoms with Crippen LogP contribution in [0.4, 0.5) is 17.1 Å². The molecule has 13 rings (SSSR count). The monoisotopic (exact) mass is 721 g/mol. The van der Waals surface area contributed by atoms with Gasteiger partial charge in [-0.3, -0.25) is 0 Å². The first-order chi connectivity index (χ1) is 27.5. The second kappa shape index (κ2) is 11.9. The second-order valence-corrected chi connectivity index (χ2v) is 18.1. The minimum atomic E-state index is -0.105. The summed E-state index contributed by atoms with van der Waals surface area (Å²) in [6.45, 7) is 4.81. The highest BCUT2D eigenvalue weighted by molar-refractivity contribution is 6.01. The van der Waals surface area contributed by atoms with E-state index in [1.54, 1.807) is 11.1 Å². The Kier molecular flexibility index (Phi) is 6.93. The fraction of sp³-hybridized carbons (Fsp3) is 0.236. The van der Waals surface area contributed by atoms with E-state index in [2.05, 4.69) is 183 Å². The fourth-order valence-corrected chi connectivity index (χ4v) is 13.1. The molecule has 1 heteroatoms. The molecule has 0 aliphatic heterocycles. The van der Waals surface area contributed by atoms with Crippen LogP contribution < -0.4 is 4.90 Å². The summed E-state index contributed by atoms with van der Waals surface area (Å²) in [5, 5.41) is 0. The number of benzene rings is 7. The Labute approximate surface area is 331 Å². The van der Waals surface area contributed by atoms with Gasteiger partial charge in [-0.15, -0.1) is 0 Å². The third-order valence-corrected chi connectivity index (χ3v) is 15.1. The van der Waals surface area contributed by atoms with Crippen molar-refractivity contribution in [1.82, 2.24) is 0 Å². The van der Waals surface area contributed by atoms with Crippen LogP contribution in [0.15, 0.2) is 164 Å². The number of anilines is 3. The van der Waals surface area contributed by atoms with E-state index < -0.39 is 0 Å². The first-order valence-corrected chi connectivity index (χ1v) is 21.0. The van der Waals surface area contributed by atoms with Crippen molar-refractivity contribution in [3.8, 4) is 44.5 Å². The summed E-state index contributed by atoms with van der Waals surface area (Å²) in [5.74, 6) is 3.23. The van der Waals surface area contributed by atoms with Gasteiger partial charge >= 0.3 is 0 Å². The Hall–Kier alpha value is -5.66. The third-order valence-electron chi connectivity index (χ3n) is 15.1. The fourth-order valence-electron chi connectivity index (χ4n) is 13.1. The highest BCUT2D eigenvalue weighted by Gasteiger charge is 2.61. The predicted molar refractivity (Wildman–Crippen MR) is 233 cm³/mol. The lowest BCUT2D eigenvalue weighted by Crippen LogP contribution is -2.55. The molecule has 0 N–H and O–H groups in total. The zero-order chi connectivity index (χ0) is 37.2. The molecule has 0 saturated heterocycles. The van der Waals surface area contributed by atoms with E-state index in [-0.39, 0.29) is 10.8 Å². The third kappa shape index (κ3) is 4.38. The quantitative estimate of drug-likeness (QED) is 0.171. The normalized spacial score (nSPS) is 24.1. The molecule has 0 amide bonds. The molecule has 1 nitrogen and oxygen atoms in total.